The number of rotatable bonds is 7. The van der Waals surface area contributed by atoms with Gasteiger partial charge in [-0.1, -0.05) is 18.6 Å². The second kappa shape index (κ2) is 7.93. The molecule has 0 amide bonds. The van der Waals surface area contributed by atoms with Crippen LogP contribution in [0.15, 0.2) is 33.5 Å². The lowest BCUT2D eigenvalue weighted by Crippen LogP contribution is -2.23. The first kappa shape index (κ1) is 21.0. The topological polar surface area (TPSA) is 85.2 Å². The number of esters is 1. The molecular weight excluding hydrogens is 382 g/mol. The summed E-state index contributed by atoms with van der Waals surface area (Å²) >= 11 is 0. The van der Waals surface area contributed by atoms with Gasteiger partial charge < -0.3 is 14.1 Å². The minimum Gasteiger partial charge on any atom is -0.460 e. The number of hydrogen-bond acceptors (Lipinski definition) is 5. The standard InChI is InChI=1S/C21H24F2N2O4/c1-20(2,3)29-15(26)11-5-4-8-12-21(22,23)19-24-16-13-9-6-7-10-14(13)28-17(16)18(27)25-19/h6-7,9-10H,4-5,8,11-12H2,1-3H3,(H,24,25,27). The molecule has 3 aromatic rings. The van der Waals surface area contributed by atoms with Gasteiger partial charge in [-0.25, -0.2) is 4.98 Å². The SMILES string of the molecule is CC(C)(C)OC(=O)CCCCCC(F)(F)c1nc2c(oc3ccccc32)c(=O)[nH]1. The predicted molar refractivity (Wildman–Crippen MR) is 105 cm³/mol. The van der Waals surface area contributed by atoms with Crippen LogP contribution in [0.25, 0.3) is 22.1 Å². The number of halogens is 2. The summed E-state index contributed by atoms with van der Waals surface area (Å²) in [6, 6.07) is 6.78. The summed E-state index contributed by atoms with van der Waals surface area (Å²) in [5.74, 6) is -4.31. The average Bonchev–Trinajstić information content (AvgIpc) is 2.99. The number of nitrogens with zero attached hydrogens (tertiary/aromatic N) is 1. The van der Waals surface area contributed by atoms with E-state index >= 15 is 0 Å². The Morgan fingerprint density at radius 1 is 1.17 bits per heavy atom. The van der Waals surface area contributed by atoms with Crippen LogP contribution in [0.3, 0.4) is 0 Å². The third-order valence-electron chi connectivity index (χ3n) is 4.37. The molecule has 0 atom stereocenters. The van der Waals surface area contributed by atoms with Crippen molar-refractivity contribution in [2.75, 3.05) is 0 Å². The van der Waals surface area contributed by atoms with E-state index in [4.69, 9.17) is 9.15 Å². The van der Waals surface area contributed by atoms with Crippen molar-refractivity contribution in [2.45, 2.75) is 64.4 Å². The van der Waals surface area contributed by atoms with E-state index in [-0.39, 0.29) is 29.9 Å². The van der Waals surface area contributed by atoms with Gasteiger partial charge in [-0.05, 0) is 45.7 Å². The van der Waals surface area contributed by atoms with Gasteiger partial charge in [0.1, 0.15) is 16.7 Å². The summed E-state index contributed by atoms with van der Waals surface area (Å²) in [7, 11) is 0. The lowest BCUT2D eigenvalue weighted by molar-refractivity contribution is -0.154. The highest BCUT2D eigenvalue weighted by atomic mass is 19.3. The number of benzene rings is 1. The molecule has 0 aliphatic carbocycles. The number of ether oxygens (including phenoxy) is 1. The van der Waals surface area contributed by atoms with Gasteiger partial charge in [0.15, 0.2) is 5.82 Å². The average molecular weight is 406 g/mol. The zero-order valence-electron chi connectivity index (χ0n) is 16.7. The molecular formula is C21H24F2N2O4. The van der Waals surface area contributed by atoms with Crippen LogP contribution in [0, 0.1) is 0 Å². The fraction of sp³-hybridized carbons (Fsp3) is 0.476. The van der Waals surface area contributed by atoms with Crippen molar-refractivity contribution in [2.24, 2.45) is 0 Å². The van der Waals surface area contributed by atoms with Crippen LogP contribution in [0.2, 0.25) is 0 Å². The molecule has 2 heterocycles. The molecule has 29 heavy (non-hydrogen) atoms. The number of carbonyl (C=O) groups is 1. The van der Waals surface area contributed by atoms with Crippen molar-refractivity contribution >= 4 is 28.0 Å². The minimum atomic E-state index is -3.29. The van der Waals surface area contributed by atoms with Gasteiger partial charge in [0.05, 0.1) is 0 Å². The Balaban J connectivity index is 1.65. The summed E-state index contributed by atoms with van der Waals surface area (Å²) in [4.78, 5) is 30.0. The molecule has 1 aromatic carbocycles. The monoisotopic (exact) mass is 406 g/mol. The number of unbranched alkanes of at least 4 members (excludes halogenated alkanes) is 2. The van der Waals surface area contributed by atoms with Crippen molar-refractivity contribution < 1.29 is 22.7 Å². The Morgan fingerprint density at radius 2 is 1.90 bits per heavy atom. The first-order chi connectivity index (χ1) is 13.6. The predicted octanol–water partition coefficient (Wildman–Crippen LogP) is 5.05. The number of alkyl halides is 2. The maximum atomic E-state index is 14.6. The van der Waals surface area contributed by atoms with Crippen LogP contribution in [0.4, 0.5) is 8.78 Å². The fourth-order valence-corrected chi connectivity index (χ4v) is 3.08. The van der Waals surface area contributed by atoms with Crippen molar-refractivity contribution in [3.63, 3.8) is 0 Å². The lowest BCUT2D eigenvalue weighted by Gasteiger charge is -2.19. The van der Waals surface area contributed by atoms with E-state index in [2.05, 4.69) is 9.97 Å². The number of furan rings is 1. The number of hydrogen-bond donors (Lipinski definition) is 1. The summed E-state index contributed by atoms with van der Waals surface area (Å²) in [6.07, 6.45) is 0.788. The van der Waals surface area contributed by atoms with Gasteiger partial charge >= 0.3 is 11.9 Å². The van der Waals surface area contributed by atoms with Crippen LogP contribution in [0.1, 0.15) is 58.7 Å². The molecule has 0 aliphatic rings. The molecule has 0 unspecified atom stereocenters. The Hall–Kier alpha value is -2.77. The number of nitrogens with one attached hydrogen (secondary N) is 1. The molecule has 0 saturated heterocycles. The third kappa shape index (κ3) is 4.99. The molecule has 156 valence electrons. The van der Waals surface area contributed by atoms with Crippen LogP contribution in [-0.2, 0) is 15.5 Å². The van der Waals surface area contributed by atoms with Crippen LogP contribution < -0.4 is 5.56 Å². The van der Waals surface area contributed by atoms with Gasteiger partial charge in [0.2, 0.25) is 5.58 Å². The van der Waals surface area contributed by atoms with Gasteiger partial charge in [0.25, 0.3) is 5.56 Å². The van der Waals surface area contributed by atoms with Crippen LogP contribution in [0.5, 0.6) is 0 Å². The highest BCUT2D eigenvalue weighted by Gasteiger charge is 2.35. The number of H-pyrrole nitrogens is 1. The van der Waals surface area contributed by atoms with E-state index in [1.165, 1.54) is 0 Å². The zero-order valence-corrected chi connectivity index (χ0v) is 16.7. The number of carbonyl (C=O) groups excluding carboxylic acids is 1. The summed E-state index contributed by atoms with van der Waals surface area (Å²) < 4.78 is 39.9. The van der Waals surface area contributed by atoms with Crippen LogP contribution >= 0.6 is 0 Å². The normalized spacial score (nSPS) is 12.6. The second-order valence-electron chi connectivity index (χ2n) is 8.04. The van der Waals surface area contributed by atoms with E-state index in [9.17, 15) is 18.4 Å². The number of fused-ring (bicyclic) bond motifs is 3. The molecule has 0 bridgehead atoms. The van der Waals surface area contributed by atoms with Gasteiger partial charge in [-0.15, -0.1) is 0 Å². The fourth-order valence-electron chi connectivity index (χ4n) is 3.08. The maximum Gasteiger partial charge on any atom is 0.306 e. The Morgan fingerprint density at radius 3 is 2.62 bits per heavy atom. The highest BCUT2D eigenvalue weighted by molar-refractivity contribution is 6.01. The van der Waals surface area contributed by atoms with Gasteiger partial charge in [0, 0.05) is 18.2 Å². The number of para-hydroxylation sites is 1. The van der Waals surface area contributed by atoms with E-state index in [0.717, 1.165) is 0 Å². The van der Waals surface area contributed by atoms with Crippen LogP contribution in [-0.4, -0.2) is 21.5 Å². The summed E-state index contributed by atoms with van der Waals surface area (Å²) in [5.41, 5.74) is -0.807. The molecule has 0 radical (unpaired) electrons. The highest BCUT2D eigenvalue weighted by Crippen LogP contribution is 2.33. The Labute approximate surface area is 166 Å². The molecule has 6 nitrogen and oxygen atoms in total. The molecule has 0 saturated carbocycles. The lowest BCUT2D eigenvalue weighted by atomic mass is 10.1. The minimum absolute atomic E-state index is 0.0666. The molecule has 3 rings (SSSR count). The van der Waals surface area contributed by atoms with E-state index in [1.54, 1.807) is 45.0 Å². The third-order valence-corrected chi connectivity index (χ3v) is 4.37. The van der Waals surface area contributed by atoms with E-state index < -0.39 is 29.3 Å². The smallest absolute Gasteiger partial charge is 0.306 e. The molecule has 0 fully saturated rings. The van der Waals surface area contributed by atoms with Crippen molar-refractivity contribution in [1.29, 1.82) is 0 Å². The summed E-state index contributed by atoms with van der Waals surface area (Å²) in [5, 5.41) is 0.517. The van der Waals surface area contributed by atoms with Gasteiger partial charge in [-0.2, -0.15) is 8.78 Å². The van der Waals surface area contributed by atoms with E-state index in [1.807, 2.05) is 0 Å². The second-order valence-corrected chi connectivity index (χ2v) is 8.04. The van der Waals surface area contributed by atoms with E-state index in [0.29, 0.717) is 23.8 Å². The maximum absolute atomic E-state index is 14.6. The van der Waals surface area contributed by atoms with Gasteiger partial charge in [-0.3, -0.25) is 9.59 Å². The number of aromatic amines is 1. The molecule has 1 N–H and O–H groups in total. The van der Waals surface area contributed by atoms with Crippen molar-refractivity contribution in [1.82, 2.24) is 9.97 Å². The largest absolute Gasteiger partial charge is 0.460 e. The summed E-state index contributed by atoms with van der Waals surface area (Å²) in [6.45, 7) is 5.33. The first-order valence-corrected chi connectivity index (χ1v) is 9.58. The van der Waals surface area contributed by atoms with Crippen molar-refractivity contribution in [3.05, 3.63) is 40.4 Å². The molecule has 2 aromatic heterocycles. The Kier molecular flexibility index (Phi) is 5.73. The molecule has 8 heteroatoms. The quantitative estimate of drug-likeness (QED) is 0.438. The number of aromatic nitrogens is 2. The first-order valence-electron chi connectivity index (χ1n) is 9.58. The zero-order chi connectivity index (χ0) is 21.2. The van der Waals surface area contributed by atoms with Crippen molar-refractivity contribution in [3.8, 4) is 0 Å². The molecule has 0 spiro atoms. The Bertz CT molecular complexity index is 1080. The molecule has 0 aliphatic heterocycles.